The van der Waals surface area contributed by atoms with E-state index in [1.54, 1.807) is 11.7 Å². The number of aryl methyl sites for hydroxylation is 1. The molecule has 0 aliphatic rings. The molecular weight excluding hydrogens is 180 g/mol. The standard InChI is InChI=1S/C9H12N4O/c1-3-4-10-6-8(14)5-9-11-7-12-13(9)2/h1,7,10H,4-6H2,2H3. The van der Waals surface area contributed by atoms with Gasteiger partial charge in [0.15, 0.2) is 5.78 Å². The van der Waals surface area contributed by atoms with Crippen molar-refractivity contribution in [1.29, 1.82) is 0 Å². The number of Topliss-reactive ketones (excluding diaryl/α,β-unsaturated/α-hetero) is 1. The van der Waals surface area contributed by atoms with Gasteiger partial charge < -0.3 is 0 Å². The van der Waals surface area contributed by atoms with E-state index >= 15 is 0 Å². The average molecular weight is 192 g/mol. The molecule has 0 saturated carbocycles. The van der Waals surface area contributed by atoms with Crippen LogP contribution >= 0.6 is 0 Å². The number of carbonyl (C=O) groups excluding carboxylic acids is 1. The fraction of sp³-hybridized carbons (Fsp3) is 0.444. The van der Waals surface area contributed by atoms with Gasteiger partial charge in [-0.3, -0.25) is 14.8 Å². The van der Waals surface area contributed by atoms with Crippen LogP contribution in [0.3, 0.4) is 0 Å². The summed E-state index contributed by atoms with van der Waals surface area (Å²) in [6, 6.07) is 0. The van der Waals surface area contributed by atoms with Gasteiger partial charge in [0.1, 0.15) is 12.2 Å². The van der Waals surface area contributed by atoms with Crippen LogP contribution < -0.4 is 5.32 Å². The predicted octanol–water partition coefficient (Wildman–Crippen LogP) is -0.851. The molecule has 0 fully saturated rings. The number of hydrogen-bond acceptors (Lipinski definition) is 4. The van der Waals surface area contributed by atoms with Gasteiger partial charge in [0.2, 0.25) is 0 Å². The molecule has 0 spiro atoms. The second-order valence-electron chi connectivity index (χ2n) is 2.82. The second kappa shape index (κ2) is 5.14. The van der Waals surface area contributed by atoms with E-state index in [4.69, 9.17) is 6.42 Å². The minimum absolute atomic E-state index is 0.0522. The quantitative estimate of drug-likeness (QED) is 0.487. The topological polar surface area (TPSA) is 59.8 Å². The van der Waals surface area contributed by atoms with Gasteiger partial charge in [0, 0.05) is 7.05 Å². The van der Waals surface area contributed by atoms with Crippen molar-refractivity contribution in [2.24, 2.45) is 7.05 Å². The third kappa shape index (κ3) is 2.99. The number of terminal acetylenes is 1. The van der Waals surface area contributed by atoms with Crippen LogP contribution in [0, 0.1) is 12.3 Å². The maximum absolute atomic E-state index is 11.3. The molecule has 0 aliphatic carbocycles. The number of aromatic nitrogens is 3. The van der Waals surface area contributed by atoms with Crippen LogP contribution in [-0.2, 0) is 18.3 Å². The van der Waals surface area contributed by atoms with Gasteiger partial charge in [0.05, 0.1) is 19.5 Å². The number of hydrogen-bond donors (Lipinski definition) is 1. The van der Waals surface area contributed by atoms with E-state index in [2.05, 4.69) is 21.3 Å². The minimum atomic E-state index is 0.0522. The first-order valence-electron chi connectivity index (χ1n) is 4.22. The smallest absolute Gasteiger partial charge is 0.154 e. The van der Waals surface area contributed by atoms with Gasteiger partial charge in [-0.25, -0.2) is 4.98 Å². The van der Waals surface area contributed by atoms with Crippen LogP contribution in [0.25, 0.3) is 0 Å². The highest BCUT2D eigenvalue weighted by molar-refractivity contribution is 5.82. The van der Waals surface area contributed by atoms with E-state index in [1.165, 1.54) is 6.33 Å². The van der Waals surface area contributed by atoms with Crippen molar-refractivity contribution in [1.82, 2.24) is 20.1 Å². The second-order valence-corrected chi connectivity index (χ2v) is 2.82. The fourth-order valence-electron chi connectivity index (χ4n) is 0.993. The average Bonchev–Trinajstić information content (AvgIpc) is 2.52. The molecule has 0 aromatic carbocycles. The summed E-state index contributed by atoms with van der Waals surface area (Å²) in [4.78, 5) is 15.3. The molecule has 1 aromatic rings. The highest BCUT2D eigenvalue weighted by Gasteiger charge is 2.06. The maximum atomic E-state index is 11.3. The van der Waals surface area contributed by atoms with E-state index in [0.29, 0.717) is 12.4 Å². The molecule has 1 heterocycles. The Kier molecular flexibility index (Phi) is 3.83. The maximum Gasteiger partial charge on any atom is 0.154 e. The molecule has 1 N–H and O–H groups in total. The Labute approximate surface area is 82.5 Å². The normalized spacial score (nSPS) is 9.71. The van der Waals surface area contributed by atoms with Crippen molar-refractivity contribution in [2.75, 3.05) is 13.1 Å². The van der Waals surface area contributed by atoms with E-state index in [0.717, 1.165) is 0 Å². The molecule has 0 amide bonds. The van der Waals surface area contributed by atoms with E-state index < -0.39 is 0 Å². The molecule has 14 heavy (non-hydrogen) atoms. The summed E-state index contributed by atoms with van der Waals surface area (Å²) in [6.45, 7) is 0.682. The van der Waals surface area contributed by atoms with Crippen LogP contribution in [0.2, 0.25) is 0 Å². The summed E-state index contributed by atoms with van der Waals surface area (Å²) in [6.07, 6.45) is 6.74. The number of nitrogens with zero attached hydrogens (tertiary/aromatic N) is 3. The lowest BCUT2D eigenvalue weighted by Gasteiger charge is -2.00. The number of carbonyl (C=O) groups is 1. The Morgan fingerprint density at radius 2 is 2.57 bits per heavy atom. The highest BCUT2D eigenvalue weighted by Crippen LogP contribution is 1.92. The Balaban J connectivity index is 2.35. The van der Waals surface area contributed by atoms with Gasteiger partial charge in [-0.2, -0.15) is 5.10 Å². The number of rotatable bonds is 5. The van der Waals surface area contributed by atoms with Gasteiger partial charge in [-0.1, -0.05) is 5.92 Å². The molecule has 1 aromatic heterocycles. The summed E-state index contributed by atoms with van der Waals surface area (Å²) in [7, 11) is 1.75. The minimum Gasteiger partial charge on any atom is -0.299 e. The van der Waals surface area contributed by atoms with Crippen LogP contribution in [0.1, 0.15) is 5.82 Å². The van der Waals surface area contributed by atoms with Crippen LogP contribution in [-0.4, -0.2) is 33.6 Å². The zero-order valence-electron chi connectivity index (χ0n) is 8.03. The summed E-state index contributed by atoms with van der Waals surface area (Å²) >= 11 is 0. The van der Waals surface area contributed by atoms with Crippen molar-refractivity contribution in [3.8, 4) is 12.3 Å². The number of ketones is 1. The Bertz CT molecular complexity index is 350. The fourth-order valence-corrected chi connectivity index (χ4v) is 0.993. The zero-order chi connectivity index (χ0) is 10.4. The Morgan fingerprint density at radius 1 is 1.79 bits per heavy atom. The van der Waals surface area contributed by atoms with Crippen LogP contribution in [0.15, 0.2) is 6.33 Å². The van der Waals surface area contributed by atoms with E-state index in [9.17, 15) is 4.79 Å². The summed E-state index contributed by atoms with van der Waals surface area (Å²) in [5.41, 5.74) is 0. The third-order valence-corrected chi connectivity index (χ3v) is 1.71. The monoisotopic (exact) mass is 192 g/mol. The summed E-state index contributed by atoms with van der Waals surface area (Å²) in [5, 5.41) is 6.69. The first kappa shape index (κ1) is 10.4. The highest BCUT2D eigenvalue weighted by atomic mass is 16.1. The van der Waals surface area contributed by atoms with E-state index in [1.807, 2.05) is 0 Å². The molecule has 0 radical (unpaired) electrons. The molecule has 0 atom stereocenters. The lowest BCUT2D eigenvalue weighted by atomic mass is 10.2. The zero-order valence-corrected chi connectivity index (χ0v) is 8.03. The molecule has 5 heteroatoms. The molecule has 1 rings (SSSR count). The van der Waals surface area contributed by atoms with E-state index in [-0.39, 0.29) is 18.7 Å². The van der Waals surface area contributed by atoms with Crippen molar-refractivity contribution in [2.45, 2.75) is 6.42 Å². The lowest BCUT2D eigenvalue weighted by molar-refractivity contribution is -0.117. The van der Waals surface area contributed by atoms with Crippen molar-refractivity contribution >= 4 is 5.78 Å². The third-order valence-electron chi connectivity index (χ3n) is 1.71. The predicted molar refractivity (Wildman–Crippen MR) is 51.4 cm³/mol. The SMILES string of the molecule is C#CCNCC(=O)Cc1ncnn1C. The first-order chi connectivity index (χ1) is 6.74. The largest absolute Gasteiger partial charge is 0.299 e. The van der Waals surface area contributed by atoms with Gasteiger partial charge >= 0.3 is 0 Å². The number of nitrogens with one attached hydrogen (secondary N) is 1. The first-order valence-corrected chi connectivity index (χ1v) is 4.22. The molecule has 74 valence electrons. The van der Waals surface area contributed by atoms with Gasteiger partial charge in [-0.05, 0) is 0 Å². The molecule has 0 unspecified atom stereocenters. The van der Waals surface area contributed by atoms with Crippen LogP contribution in [0.4, 0.5) is 0 Å². The van der Waals surface area contributed by atoms with Crippen molar-refractivity contribution in [3.63, 3.8) is 0 Å². The van der Waals surface area contributed by atoms with Gasteiger partial charge in [-0.15, -0.1) is 6.42 Å². The summed E-state index contributed by atoms with van der Waals surface area (Å²) in [5.74, 6) is 3.11. The Morgan fingerprint density at radius 3 is 3.14 bits per heavy atom. The molecule has 0 bridgehead atoms. The van der Waals surface area contributed by atoms with Crippen LogP contribution in [0.5, 0.6) is 0 Å². The molecule has 0 aliphatic heterocycles. The van der Waals surface area contributed by atoms with Gasteiger partial charge in [0.25, 0.3) is 0 Å². The molecular formula is C9H12N4O. The van der Waals surface area contributed by atoms with Crippen molar-refractivity contribution < 1.29 is 4.79 Å². The molecule has 5 nitrogen and oxygen atoms in total. The Hall–Kier alpha value is -1.67. The van der Waals surface area contributed by atoms with Crippen molar-refractivity contribution in [3.05, 3.63) is 12.2 Å². The molecule has 0 saturated heterocycles. The lowest BCUT2D eigenvalue weighted by Crippen LogP contribution is -2.25. The summed E-state index contributed by atoms with van der Waals surface area (Å²) < 4.78 is 1.58.